The number of rotatable bonds is 6. The minimum atomic E-state index is -0.556. The topological polar surface area (TPSA) is 72.9 Å². The standard InChI is InChI=1S/C29H18BrClFNO5S/c1-37-24-12-16(13-25-27(34)33(29(36)39-25)15-18-9-10-19(32)14-23(18)31)11-22(30)26(24)38-28(35)21-8-4-6-17-5-2-3-7-20(17)21/h2-14H,15H2,1H3/b25-13-. The van der Waals surface area contributed by atoms with Gasteiger partial charge in [0.15, 0.2) is 11.5 Å². The number of thioether (sulfide) groups is 1. The molecule has 1 aliphatic rings. The van der Waals surface area contributed by atoms with Crippen molar-refractivity contribution in [2.24, 2.45) is 0 Å². The molecule has 10 heteroatoms. The van der Waals surface area contributed by atoms with Gasteiger partial charge in [0.25, 0.3) is 11.1 Å². The van der Waals surface area contributed by atoms with Gasteiger partial charge >= 0.3 is 5.97 Å². The molecule has 0 aromatic heterocycles. The predicted molar refractivity (Wildman–Crippen MR) is 153 cm³/mol. The van der Waals surface area contributed by atoms with E-state index in [0.717, 1.165) is 33.5 Å². The van der Waals surface area contributed by atoms with Crippen LogP contribution >= 0.6 is 39.3 Å². The van der Waals surface area contributed by atoms with Crippen LogP contribution < -0.4 is 9.47 Å². The van der Waals surface area contributed by atoms with Gasteiger partial charge in [-0.25, -0.2) is 9.18 Å². The maximum Gasteiger partial charge on any atom is 0.344 e. The molecule has 0 unspecified atom stereocenters. The summed E-state index contributed by atoms with van der Waals surface area (Å²) in [5, 5.41) is 1.32. The highest BCUT2D eigenvalue weighted by Crippen LogP contribution is 2.40. The lowest BCUT2D eigenvalue weighted by molar-refractivity contribution is -0.123. The fourth-order valence-corrected chi connectivity index (χ4v) is 5.69. The monoisotopic (exact) mass is 625 g/mol. The largest absolute Gasteiger partial charge is 0.493 e. The van der Waals surface area contributed by atoms with Crippen molar-refractivity contribution in [3.8, 4) is 11.5 Å². The average molecular weight is 627 g/mol. The molecule has 0 radical (unpaired) electrons. The molecule has 0 N–H and O–H groups in total. The first-order valence-corrected chi connectivity index (χ1v) is 13.5. The summed E-state index contributed by atoms with van der Waals surface area (Å²) in [5.74, 6) is -1.15. The number of imide groups is 1. The Labute approximate surface area is 240 Å². The van der Waals surface area contributed by atoms with Gasteiger partial charge in [-0.1, -0.05) is 54.1 Å². The third-order valence-corrected chi connectivity index (χ3v) is 7.82. The van der Waals surface area contributed by atoms with Crippen LogP contribution in [0.4, 0.5) is 9.18 Å². The second-order valence-corrected chi connectivity index (χ2v) is 10.7. The Morgan fingerprint density at radius 3 is 2.62 bits per heavy atom. The lowest BCUT2D eigenvalue weighted by Gasteiger charge is -2.14. The highest BCUT2D eigenvalue weighted by molar-refractivity contribution is 9.10. The van der Waals surface area contributed by atoms with Gasteiger partial charge in [0.05, 0.1) is 28.6 Å². The van der Waals surface area contributed by atoms with Crippen molar-refractivity contribution < 1.29 is 28.2 Å². The molecule has 0 atom stereocenters. The Bertz CT molecular complexity index is 1690. The van der Waals surface area contributed by atoms with Gasteiger partial charge in [-0.15, -0.1) is 0 Å². The second kappa shape index (κ2) is 11.2. The van der Waals surface area contributed by atoms with Crippen molar-refractivity contribution in [1.82, 2.24) is 4.90 Å². The number of amides is 2. The van der Waals surface area contributed by atoms with E-state index in [0.29, 0.717) is 21.2 Å². The summed E-state index contributed by atoms with van der Waals surface area (Å²) < 4.78 is 25.0. The molecular formula is C29H18BrClFNO5S. The van der Waals surface area contributed by atoms with Crippen LogP contribution in [0.15, 0.2) is 82.2 Å². The van der Waals surface area contributed by atoms with Crippen molar-refractivity contribution in [2.75, 3.05) is 7.11 Å². The lowest BCUT2D eigenvalue weighted by atomic mass is 10.0. The summed E-state index contributed by atoms with van der Waals surface area (Å²) >= 11 is 10.3. The molecule has 4 aromatic rings. The number of fused-ring (bicyclic) bond motifs is 1. The zero-order chi connectivity index (χ0) is 27.7. The second-order valence-electron chi connectivity index (χ2n) is 8.45. The Morgan fingerprint density at radius 2 is 1.85 bits per heavy atom. The molecule has 196 valence electrons. The van der Waals surface area contributed by atoms with Gasteiger partial charge in [0.2, 0.25) is 0 Å². The minimum Gasteiger partial charge on any atom is -0.493 e. The summed E-state index contributed by atoms with van der Waals surface area (Å²) in [5.41, 5.74) is 1.39. The number of methoxy groups -OCH3 is 1. The van der Waals surface area contributed by atoms with Crippen molar-refractivity contribution in [3.63, 3.8) is 0 Å². The summed E-state index contributed by atoms with van der Waals surface area (Å²) in [6, 6.07) is 19.9. The zero-order valence-corrected chi connectivity index (χ0v) is 23.4. The molecule has 39 heavy (non-hydrogen) atoms. The van der Waals surface area contributed by atoms with Gasteiger partial charge in [0, 0.05) is 5.02 Å². The molecular weight excluding hydrogens is 609 g/mol. The van der Waals surface area contributed by atoms with E-state index in [4.69, 9.17) is 21.1 Å². The van der Waals surface area contributed by atoms with E-state index >= 15 is 0 Å². The number of hydrogen-bond donors (Lipinski definition) is 0. The quantitative estimate of drug-likeness (QED) is 0.123. The first-order chi connectivity index (χ1) is 18.7. The van der Waals surface area contributed by atoms with Crippen LogP contribution in [0.25, 0.3) is 16.8 Å². The smallest absolute Gasteiger partial charge is 0.344 e. The number of carbonyl (C=O) groups excluding carboxylic acids is 3. The van der Waals surface area contributed by atoms with Gasteiger partial charge in [-0.2, -0.15) is 0 Å². The van der Waals surface area contributed by atoms with Gasteiger partial charge < -0.3 is 9.47 Å². The first-order valence-electron chi connectivity index (χ1n) is 11.5. The molecule has 5 rings (SSSR count). The van der Waals surface area contributed by atoms with Crippen LogP contribution in [0.1, 0.15) is 21.5 Å². The minimum absolute atomic E-state index is 0.0861. The Hall–Kier alpha value is -3.66. The molecule has 1 aliphatic heterocycles. The van der Waals surface area contributed by atoms with E-state index in [-0.39, 0.29) is 28.0 Å². The van der Waals surface area contributed by atoms with E-state index < -0.39 is 22.9 Å². The Morgan fingerprint density at radius 1 is 1.08 bits per heavy atom. The zero-order valence-electron chi connectivity index (χ0n) is 20.2. The Balaban J connectivity index is 1.40. The fourth-order valence-electron chi connectivity index (χ4n) is 4.08. The lowest BCUT2D eigenvalue weighted by Crippen LogP contribution is -2.27. The molecule has 0 aliphatic carbocycles. The SMILES string of the molecule is COc1cc(/C=C2\SC(=O)N(Cc3ccc(F)cc3Cl)C2=O)cc(Br)c1OC(=O)c1cccc2ccccc12. The van der Waals surface area contributed by atoms with E-state index in [2.05, 4.69) is 15.9 Å². The number of hydrogen-bond acceptors (Lipinski definition) is 6. The molecule has 0 saturated carbocycles. The summed E-state index contributed by atoms with van der Waals surface area (Å²) in [7, 11) is 1.43. The van der Waals surface area contributed by atoms with Crippen LogP contribution in [0.3, 0.4) is 0 Å². The van der Waals surface area contributed by atoms with Crippen molar-refractivity contribution in [1.29, 1.82) is 0 Å². The maximum atomic E-state index is 13.4. The third-order valence-electron chi connectivity index (χ3n) is 5.97. The molecule has 1 saturated heterocycles. The summed E-state index contributed by atoms with van der Waals surface area (Å²) in [6.07, 6.45) is 1.54. The number of benzene rings is 4. The molecule has 6 nitrogen and oxygen atoms in total. The maximum absolute atomic E-state index is 13.4. The molecule has 0 spiro atoms. The van der Waals surface area contributed by atoms with Crippen LogP contribution in [-0.2, 0) is 11.3 Å². The molecule has 1 heterocycles. The van der Waals surface area contributed by atoms with Crippen LogP contribution in [-0.4, -0.2) is 29.1 Å². The molecule has 4 aromatic carbocycles. The number of carbonyl (C=O) groups is 3. The van der Waals surface area contributed by atoms with Crippen LogP contribution in [0.2, 0.25) is 5.02 Å². The van der Waals surface area contributed by atoms with Gasteiger partial charge in [-0.05, 0) is 86.0 Å². The summed E-state index contributed by atoms with van der Waals surface area (Å²) in [4.78, 5) is 39.9. The van der Waals surface area contributed by atoms with E-state index in [1.54, 1.807) is 30.3 Å². The third kappa shape index (κ3) is 5.56. The highest BCUT2D eigenvalue weighted by atomic mass is 79.9. The van der Waals surface area contributed by atoms with Gasteiger partial charge in [-0.3, -0.25) is 14.5 Å². The first kappa shape index (κ1) is 26.9. The van der Waals surface area contributed by atoms with E-state index in [1.165, 1.54) is 19.2 Å². The van der Waals surface area contributed by atoms with Crippen molar-refractivity contribution in [3.05, 3.63) is 110 Å². The molecule has 2 amide bonds. The number of nitrogens with zero attached hydrogens (tertiary/aromatic N) is 1. The molecule has 1 fully saturated rings. The van der Waals surface area contributed by atoms with E-state index in [1.807, 2.05) is 30.3 Å². The van der Waals surface area contributed by atoms with E-state index in [9.17, 15) is 18.8 Å². The predicted octanol–water partition coefficient (Wildman–Crippen LogP) is 7.86. The number of halogens is 3. The van der Waals surface area contributed by atoms with Crippen LogP contribution in [0.5, 0.6) is 11.5 Å². The Kier molecular flexibility index (Phi) is 7.74. The normalized spacial score (nSPS) is 14.4. The van der Waals surface area contributed by atoms with Crippen LogP contribution in [0, 0.1) is 5.82 Å². The molecule has 0 bridgehead atoms. The highest BCUT2D eigenvalue weighted by Gasteiger charge is 2.35. The average Bonchev–Trinajstić information content (AvgIpc) is 3.18. The fraction of sp³-hybridized carbons (Fsp3) is 0.0690. The number of esters is 1. The van der Waals surface area contributed by atoms with Crippen molar-refractivity contribution in [2.45, 2.75) is 6.54 Å². The van der Waals surface area contributed by atoms with Gasteiger partial charge in [0.1, 0.15) is 5.82 Å². The van der Waals surface area contributed by atoms with Crippen molar-refractivity contribution >= 4 is 73.3 Å². The number of ether oxygens (including phenoxy) is 2. The summed E-state index contributed by atoms with van der Waals surface area (Å²) in [6.45, 7) is -0.0861.